The highest BCUT2D eigenvalue weighted by atomic mass is 19.4. The number of hydrogen-bond acceptors (Lipinski definition) is 6. The summed E-state index contributed by atoms with van der Waals surface area (Å²) in [6, 6.07) is 0.633. The van der Waals surface area contributed by atoms with E-state index in [1.54, 1.807) is 30.6 Å². The molecule has 1 N–H and O–H groups in total. The molecule has 0 aliphatic carbocycles. The van der Waals surface area contributed by atoms with Crippen LogP contribution in [0.3, 0.4) is 0 Å². The molecule has 3 aliphatic heterocycles. The first kappa shape index (κ1) is 30.5. The SMILES string of the molecule is C=C(C(CN1C[C@@H]2CC1C(=O)N2c1cc(C(F)(F)F)cc(C(F)(F)F)c1)NC(=O)OC(C)(C)C)N1CCCC1C#N. The average Bonchev–Trinajstić information content (AvgIpc) is 3.55. The van der Waals surface area contributed by atoms with Gasteiger partial charge in [0.15, 0.2) is 0 Å². The van der Waals surface area contributed by atoms with Crippen molar-refractivity contribution >= 4 is 17.7 Å². The van der Waals surface area contributed by atoms with Crippen molar-refractivity contribution in [2.75, 3.05) is 24.5 Å². The molecule has 2 amide bonds. The number of alkyl halides is 6. The van der Waals surface area contributed by atoms with Crippen molar-refractivity contribution in [1.29, 1.82) is 5.26 Å². The molecule has 4 atom stereocenters. The molecule has 1 aromatic carbocycles. The predicted molar refractivity (Wildman–Crippen MR) is 135 cm³/mol. The number of alkyl carbamates (subject to hydrolysis) is 1. The number of ether oxygens (including phenoxy) is 1. The molecule has 0 spiro atoms. The van der Waals surface area contributed by atoms with Gasteiger partial charge in [-0.3, -0.25) is 9.69 Å². The van der Waals surface area contributed by atoms with Gasteiger partial charge in [0.05, 0.1) is 35.3 Å². The minimum absolute atomic E-state index is 0.0278. The molecule has 2 bridgehead atoms. The quantitative estimate of drug-likeness (QED) is 0.476. The number of carbonyl (C=O) groups is 2. The third-order valence-corrected chi connectivity index (χ3v) is 7.40. The van der Waals surface area contributed by atoms with Crippen molar-refractivity contribution in [3.05, 3.63) is 41.6 Å². The van der Waals surface area contributed by atoms with Crippen LogP contribution in [0.4, 0.5) is 36.8 Å². The van der Waals surface area contributed by atoms with Crippen molar-refractivity contribution in [2.24, 2.45) is 0 Å². The number of rotatable bonds is 6. The number of likely N-dealkylation sites (tertiary alicyclic amines) is 2. The third kappa shape index (κ3) is 6.55. The highest BCUT2D eigenvalue weighted by Gasteiger charge is 2.51. The van der Waals surface area contributed by atoms with E-state index in [-0.39, 0.29) is 25.6 Å². The number of anilines is 1. The van der Waals surface area contributed by atoms with Gasteiger partial charge in [-0.25, -0.2) is 4.79 Å². The van der Waals surface area contributed by atoms with Gasteiger partial charge < -0.3 is 19.9 Å². The van der Waals surface area contributed by atoms with Crippen molar-refractivity contribution in [3.63, 3.8) is 0 Å². The summed E-state index contributed by atoms with van der Waals surface area (Å²) < 4.78 is 85.9. The number of fused-ring (bicyclic) bond motifs is 2. The summed E-state index contributed by atoms with van der Waals surface area (Å²) in [6.07, 6.45) is -9.27. The Morgan fingerprint density at radius 2 is 1.76 bits per heavy atom. The molecule has 1 aromatic rings. The summed E-state index contributed by atoms with van der Waals surface area (Å²) >= 11 is 0. The molecule has 3 fully saturated rings. The van der Waals surface area contributed by atoms with Crippen LogP contribution in [0.5, 0.6) is 0 Å². The van der Waals surface area contributed by atoms with Crippen LogP contribution >= 0.6 is 0 Å². The number of nitriles is 1. The fourth-order valence-corrected chi connectivity index (χ4v) is 5.64. The fourth-order valence-electron chi connectivity index (χ4n) is 5.64. The third-order valence-electron chi connectivity index (χ3n) is 7.40. The van der Waals surface area contributed by atoms with E-state index in [0.717, 1.165) is 11.3 Å². The van der Waals surface area contributed by atoms with Gasteiger partial charge >= 0.3 is 18.4 Å². The highest BCUT2D eigenvalue weighted by Crippen LogP contribution is 2.42. The van der Waals surface area contributed by atoms with Gasteiger partial charge in [0.2, 0.25) is 5.91 Å². The summed E-state index contributed by atoms with van der Waals surface area (Å²) in [5, 5.41) is 12.3. The summed E-state index contributed by atoms with van der Waals surface area (Å²) in [6.45, 7) is 9.93. The number of amides is 2. The number of nitrogens with one attached hydrogen (secondary N) is 1. The van der Waals surface area contributed by atoms with Gasteiger partial charge in [0, 0.05) is 31.0 Å². The van der Waals surface area contributed by atoms with E-state index < -0.39 is 70.9 Å². The van der Waals surface area contributed by atoms with Crippen LogP contribution < -0.4 is 10.2 Å². The lowest BCUT2D eigenvalue weighted by atomic mass is 10.1. The van der Waals surface area contributed by atoms with Crippen molar-refractivity contribution in [1.82, 2.24) is 15.1 Å². The standard InChI is InChI=1S/C27H31F6N5O3/c1-15(37-7-5-6-18(37)12-34)21(35-24(40)41-25(2,3)4)14-36-13-20-11-22(36)23(39)38(20)19-9-16(26(28,29)30)8-17(10-19)27(31,32)33/h8-10,18,20-22H,1,5-7,11,13-14H2,2-4H3,(H,35,40)/t18?,20-,21?,22?/m0/s1. The molecular weight excluding hydrogens is 556 g/mol. The minimum Gasteiger partial charge on any atom is -0.444 e. The Balaban J connectivity index is 1.57. The van der Waals surface area contributed by atoms with Crippen LogP contribution in [0.1, 0.15) is 51.2 Å². The molecule has 3 aliphatic rings. The zero-order chi connectivity index (χ0) is 30.5. The van der Waals surface area contributed by atoms with Gasteiger partial charge in [0.1, 0.15) is 11.6 Å². The second-order valence-electron chi connectivity index (χ2n) is 11.5. The number of hydrogen-bond donors (Lipinski definition) is 1. The number of halogens is 6. The molecule has 3 heterocycles. The van der Waals surface area contributed by atoms with Crippen molar-refractivity contribution < 1.29 is 40.7 Å². The predicted octanol–water partition coefficient (Wildman–Crippen LogP) is 4.91. The molecule has 3 saturated heterocycles. The first-order valence-corrected chi connectivity index (χ1v) is 13.1. The summed E-state index contributed by atoms with van der Waals surface area (Å²) in [5.41, 5.74) is -3.82. The Hall–Kier alpha value is -3.47. The van der Waals surface area contributed by atoms with Crippen molar-refractivity contribution in [2.45, 2.75) is 82.2 Å². The number of carbonyl (C=O) groups excluding carboxylic acids is 2. The Morgan fingerprint density at radius 3 is 2.27 bits per heavy atom. The topological polar surface area (TPSA) is 88.9 Å². The van der Waals surface area contributed by atoms with Crippen LogP contribution in [0, 0.1) is 11.3 Å². The second-order valence-corrected chi connectivity index (χ2v) is 11.5. The zero-order valence-corrected chi connectivity index (χ0v) is 22.8. The maximum absolute atomic E-state index is 13.4. The monoisotopic (exact) mass is 587 g/mol. The largest absolute Gasteiger partial charge is 0.444 e. The molecule has 3 unspecified atom stereocenters. The molecule has 224 valence electrons. The van der Waals surface area contributed by atoms with E-state index in [1.807, 2.05) is 0 Å². The van der Waals surface area contributed by atoms with E-state index >= 15 is 0 Å². The maximum Gasteiger partial charge on any atom is 0.416 e. The summed E-state index contributed by atoms with van der Waals surface area (Å²) in [4.78, 5) is 30.5. The van der Waals surface area contributed by atoms with E-state index in [2.05, 4.69) is 18.0 Å². The summed E-state index contributed by atoms with van der Waals surface area (Å²) in [7, 11) is 0. The molecule has 4 rings (SSSR count). The van der Waals surface area contributed by atoms with Gasteiger partial charge in [-0.15, -0.1) is 0 Å². The number of piperazine rings is 1. The lowest BCUT2D eigenvalue weighted by Gasteiger charge is -2.38. The van der Waals surface area contributed by atoms with Gasteiger partial charge in [-0.2, -0.15) is 31.6 Å². The van der Waals surface area contributed by atoms with Crippen molar-refractivity contribution in [3.8, 4) is 6.07 Å². The second kappa shape index (κ2) is 10.7. The van der Waals surface area contributed by atoms with Gasteiger partial charge in [0.25, 0.3) is 0 Å². The highest BCUT2D eigenvalue weighted by molar-refractivity contribution is 6.01. The smallest absolute Gasteiger partial charge is 0.416 e. The Bertz CT molecular complexity index is 1220. The van der Waals surface area contributed by atoms with E-state index in [9.17, 15) is 41.2 Å². The summed E-state index contributed by atoms with van der Waals surface area (Å²) in [5.74, 6) is -0.633. The van der Waals surface area contributed by atoms with E-state index in [1.165, 1.54) is 0 Å². The lowest BCUT2D eigenvalue weighted by Crippen LogP contribution is -2.56. The number of nitrogens with zero attached hydrogens (tertiary/aromatic N) is 4. The molecular formula is C27H31F6N5O3. The maximum atomic E-state index is 13.4. The Labute approximate surface area is 233 Å². The van der Waals surface area contributed by atoms with Gasteiger partial charge in [-0.1, -0.05) is 6.58 Å². The Kier molecular flexibility index (Phi) is 7.99. The number of benzene rings is 1. The molecule has 0 saturated carbocycles. The van der Waals surface area contributed by atoms with Gasteiger partial charge in [-0.05, 0) is 58.2 Å². The Morgan fingerprint density at radius 1 is 1.15 bits per heavy atom. The van der Waals surface area contributed by atoms with Crippen LogP contribution in [0.2, 0.25) is 0 Å². The van der Waals surface area contributed by atoms with Crippen LogP contribution in [0.15, 0.2) is 30.5 Å². The average molecular weight is 588 g/mol. The van der Waals surface area contributed by atoms with E-state index in [4.69, 9.17) is 4.74 Å². The molecule has 8 nitrogen and oxygen atoms in total. The van der Waals surface area contributed by atoms with Crippen LogP contribution in [-0.4, -0.2) is 71.2 Å². The lowest BCUT2D eigenvalue weighted by molar-refractivity contribution is -0.143. The van der Waals surface area contributed by atoms with E-state index in [0.29, 0.717) is 30.8 Å². The van der Waals surface area contributed by atoms with Crippen LogP contribution in [0.25, 0.3) is 0 Å². The first-order chi connectivity index (χ1) is 18.9. The first-order valence-electron chi connectivity index (χ1n) is 13.1. The zero-order valence-electron chi connectivity index (χ0n) is 22.8. The minimum atomic E-state index is -5.04. The molecule has 14 heteroatoms. The molecule has 41 heavy (non-hydrogen) atoms. The fraction of sp³-hybridized carbons (Fsp3) is 0.593. The molecule has 0 radical (unpaired) electrons. The molecule has 0 aromatic heterocycles. The van der Waals surface area contributed by atoms with Crippen LogP contribution in [-0.2, 0) is 21.9 Å². The normalized spacial score (nSPS) is 24.0.